The number of halogens is 1. The lowest BCUT2D eigenvalue weighted by Crippen LogP contribution is -2.01. The summed E-state index contributed by atoms with van der Waals surface area (Å²) in [5.74, 6) is -1.07. The molecule has 2 aromatic rings. The molecule has 0 aromatic heterocycles. The van der Waals surface area contributed by atoms with Gasteiger partial charge in [0.1, 0.15) is 0 Å². The third-order valence-corrected chi connectivity index (χ3v) is 5.26. The molecule has 2 aromatic carbocycles. The van der Waals surface area contributed by atoms with Crippen LogP contribution in [0.4, 0.5) is 0 Å². The number of hydrogen-bond acceptors (Lipinski definition) is 3. The number of sulfone groups is 1. The molecule has 0 aliphatic carbocycles. The van der Waals surface area contributed by atoms with Gasteiger partial charge in [-0.3, -0.25) is 0 Å². The maximum absolute atomic E-state index is 12.1. The van der Waals surface area contributed by atoms with Crippen molar-refractivity contribution in [3.8, 4) is 0 Å². The number of benzene rings is 2. The van der Waals surface area contributed by atoms with Crippen LogP contribution < -0.4 is 0 Å². The zero-order valence-electron chi connectivity index (χ0n) is 11.4. The Morgan fingerprint density at radius 2 is 1.73 bits per heavy atom. The molecule has 0 amide bonds. The fraction of sp³-hybridized carbons (Fsp3) is 0.0625. The van der Waals surface area contributed by atoms with Crippen LogP contribution in [0.25, 0.3) is 6.08 Å². The zero-order chi connectivity index (χ0) is 16.2. The summed E-state index contributed by atoms with van der Waals surface area (Å²) >= 11 is 2.11. The van der Waals surface area contributed by atoms with Gasteiger partial charge in [0.05, 0.1) is 11.3 Å². The van der Waals surface area contributed by atoms with Crippen molar-refractivity contribution >= 4 is 44.5 Å². The van der Waals surface area contributed by atoms with Gasteiger partial charge in [0.25, 0.3) is 0 Å². The minimum atomic E-state index is -3.38. The summed E-state index contributed by atoms with van der Waals surface area (Å²) in [6, 6.07) is 13.3. The van der Waals surface area contributed by atoms with Crippen LogP contribution in [0.5, 0.6) is 0 Å². The zero-order valence-corrected chi connectivity index (χ0v) is 14.4. The van der Waals surface area contributed by atoms with E-state index in [2.05, 4.69) is 22.6 Å². The van der Waals surface area contributed by atoms with Gasteiger partial charge in [-0.1, -0.05) is 30.3 Å². The molecular weight excluding hydrogens is 415 g/mol. The van der Waals surface area contributed by atoms with Crippen LogP contribution in [0, 0.1) is 3.57 Å². The van der Waals surface area contributed by atoms with Crippen LogP contribution >= 0.6 is 22.6 Å². The third-order valence-electron chi connectivity index (χ3n) is 2.94. The Balaban J connectivity index is 2.14. The number of carboxylic acids is 1. The van der Waals surface area contributed by atoms with Crippen molar-refractivity contribution in [3.63, 3.8) is 0 Å². The highest BCUT2D eigenvalue weighted by Gasteiger charge is 2.10. The van der Waals surface area contributed by atoms with Crippen molar-refractivity contribution in [3.05, 3.63) is 74.2 Å². The number of aromatic carboxylic acids is 1. The van der Waals surface area contributed by atoms with E-state index < -0.39 is 15.8 Å². The standard InChI is InChI=1S/C16H13IO4S/c17-15-4-2-1-3-14(15)11-22(20,21)10-9-12-5-7-13(8-6-12)16(18)19/h1-10H,11H2,(H,18,19). The fourth-order valence-corrected chi connectivity index (χ4v) is 3.78. The van der Waals surface area contributed by atoms with Crippen molar-refractivity contribution in [2.45, 2.75) is 5.75 Å². The van der Waals surface area contributed by atoms with Gasteiger partial charge in [-0.25, -0.2) is 13.2 Å². The van der Waals surface area contributed by atoms with E-state index in [0.29, 0.717) is 5.56 Å². The van der Waals surface area contributed by atoms with Crippen LogP contribution in [0.2, 0.25) is 0 Å². The van der Waals surface area contributed by atoms with Crippen molar-refractivity contribution in [1.82, 2.24) is 0 Å². The smallest absolute Gasteiger partial charge is 0.335 e. The normalized spacial score (nSPS) is 11.7. The molecule has 1 N–H and O–H groups in total. The second kappa shape index (κ2) is 7.06. The van der Waals surface area contributed by atoms with Crippen LogP contribution in [0.1, 0.15) is 21.5 Å². The molecule has 0 aliphatic rings. The van der Waals surface area contributed by atoms with E-state index in [1.165, 1.54) is 18.2 Å². The molecule has 0 aliphatic heterocycles. The van der Waals surface area contributed by atoms with Gasteiger partial charge in [0.15, 0.2) is 9.84 Å². The van der Waals surface area contributed by atoms with E-state index >= 15 is 0 Å². The Morgan fingerprint density at radius 3 is 2.32 bits per heavy atom. The molecule has 0 atom stereocenters. The summed E-state index contributed by atoms with van der Waals surface area (Å²) in [6.07, 6.45) is 1.47. The van der Waals surface area contributed by atoms with E-state index in [1.54, 1.807) is 24.3 Å². The molecule has 4 nitrogen and oxygen atoms in total. The first-order valence-electron chi connectivity index (χ1n) is 6.35. The Morgan fingerprint density at radius 1 is 1.09 bits per heavy atom. The second-order valence-corrected chi connectivity index (χ2v) is 7.68. The molecule has 6 heteroatoms. The van der Waals surface area contributed by atoms with Crippen molar-refractivity contribution in [2.24, 2.45) is 0 Å². The van der Waals surface area contributed by atoms with Crippen LogP contribution in [-0.4, -0.2) is 19.5 Å². The molecule has 0 heterocycles. The second-order valence-electron chi connectivity index (χ2n) is 4.63. The lowest BCUT2D eigenvalue weighted by atomic mass is 10.1. The van der Waals surface area contributed by atoms with Gasteiger partial charge in [-0.15, -0.1) is 0 Å². The van der Waals surface area contributed by atoms with Gasteiger partial charge in [-0.2, -0.15) is 0 Å². The highest BCUT2D eigenvalue weighted by Crippen LogP contribution is 2.16. The summed E-state index contributed by atoms with van der Waals surface area (Å²) in [4.78, 5) is 10.7. The molecule has 0 fully saturated rings. The number of hydrogen-bond donors (Lipinski definition) is 1. The fourth-order valence-electron chi connectivity index (χ4n) is 1.80. The SMILES string of the molecule is O=C(O)c1ccc(C=CS(=O)(=O)Cc2ccccc2I)cc1. The molecule has 114 valence electrons. The quantitative estimate of drug-likeness (QED) is 0.740. The predicted octanol–water partition coefficient (Wildman–Crippen LogP) is 3.58. The Hall–Kier alpha value is -1.67. The van der Waals surface area contributed by atoms with E-state index in [0.717, 1.165) is 14.5 Å². The molecule has 0 radical (unpaired) electrons. The topological polar surface area (TPSA) is 71.4 Å². The number of carbonyl (C=O) groups is 1. The minimum absolute atomic E-state index is 0.0597. The maximum Gasteiger partial charge on any atom is 0.335 e. The first kappa shape index (κ1) is 16.7. The van der Waals surface area contributed by atoms with Gasteiger partial charge >= 0.3 is 5.97 Å². The van der Waals surface area contributed by atoms with E-state index in [-0.39, 0.29) is 11.3 Å². The minimum Gasteiger partial charge on any atom is -0.478 e. The largest absolute Gasteiger partial charge is 0.478 e. The molecule has 0 bridgehead atoms. The highest BCUT2D eigenvalue weighted by atomic mass is 127. The van der Waals surface area contributed by atoms with Gasteiger partial charge in [0, 0.05) is 8.98 Å². The summed E-state index contributed by atoms with van der Waals surface area (Å²) in [5, 5.41) is 9.97. The van der Waals surface area contributed by atoms with E-state index in [4.69, 9.17) is 5.11 Å². The molecule has 0 saturated heterocycles. The first-order chi connectivity index (χ1) is 10.4. The van der Waals surface area contributed by atoms with Crippen LogP contribution in [0.3, 0.4) is 0 Å². The summed E-state index contributed by atoms with van der Waals surface area (Å²) < 4.78 is 25.1. The van der Waals surface area contributed by atoms with Crippen molar-refractivity contribution in [2.75, 3.05) is 0 Å². The monoisotopic (exact) mass is 428 g/mol. The summed E-state index contributed by atoms with van der Waals surface area (Å²) in [7, 11) is -3.38. The van der Waals surface area contributed by atoms with Gasteiger partial charge in [0.2, 0.25) is 0 Å². The van der Waals surface area contributed by atoms with Crippen LogP contribution in [-0.2, 0) is 15.6 Å². The lowest BCUT2D eigenvalue weighted by Gasteiger charge is -2.03. The molecular formula is C16H13IO4S. The summed E-state index contributed by atoms with van der Waals surface area (Å²) in [5.41, 5.74) is 1.56. The van der Waals surface area contributed by atoms with Gasteiger partial charge in [-0.05, 0) is 58.0 Å². The molecule has 0 unspecified atom stereocenters. The number of rotatable bonds is 5. The molecule has 2 rings (SSSR count). The Bertz CT molecular complexity index is 808. The lowest BCUT2D eigenvalue weighted by molar-refractivity contribution is 0.0697. The maximum atomic E-state index is 12.1. The average molecular weight is 428 g/mol. The van der Waals surface area contributed by atoms with Gasteiger partial charge < -0.3 is 5.11 Å². The first-order valence-corrected chi connectivity index (χ1v) is 9.14. The molecule has 22 heavy (non-hydrogen) atoms. The van der Waals surface area contributed by atoms with Crippen LogP contribution in [0.15, 0.2) is 53.9 Å². The van der Waals surface area contributed by atoms with Crippen molar-refractivity contribution in [1.29, 1.82) is 0 Å². The summed E-state index contributed by atoms with van der Waals surface area (Å²) in [6.45, 7) is 0. The average Bonchev–Trinajstić information content (AvgIpc) is 2.48. The Labute approximate surface area is 142 Å². The molecule has 0 saturated carbocycles. The molecule has 0 spiro atoms. The predicted molar refractivity (Wildman–Crippen MR) is 94.2 cm³/mol. The van der Waals surface area contributed by atoms with E-state index in [9.17, 15) is 13.2 Å². The Kier molecular flexibility index (Phi) is 5.36. The van der Waals surface area contributed by atoms with Crippen molar-refractivity contribution < 1.29 is 18.3 Å². The third kappa shape index (κ3) is 4.67. The van der Waals surface area contributed by atoms with E-state index in [1.807, 2.05) is 12.1 Å². The highest BCUT2D eigenvalue weighted by molar-refractivity contribution is 14.1. The number of carboxylic acid groups (broad SMARTS) is 1.